The smallest absolute Gasteiger partial charge is 0.175 e. The molecule has 0 saturated carbocycles. The maximum absolute atomic E-state index is 15.7. The van der Waals surface area contributed by atoms with Gasteiger partial charge < -0.3 is 4.57 Å². The van der Waals surface area contributed by atoms with E-state index < -0.39 is 7.14 Å². The van der Waals surface area contributed by atoms with Gasteiger partial charge in [-0.1, -0.05) is 183 Å². The van der Waals surface area contributed by atoms with Crippen molar-refractivity contribution in [1.82, 2.24) is 9.55 Å². The molecule has 13 rings (SSSR count). The fourth-order valence-corrected chi connectivity index (χ4v) is 13.6. The minimum Gasteiger partial charge on any atom is -0.308 e. The van der Waals surface area contributed by atoms with E-state index in [4.69, 9.17) is 4.98 Å². The van der Waals surface area contributed by atoms with Gasteiger partial charge in [-0.15, -0.1) is 0 Å². The molecular weight excluding hydrogens is 808 g/mol. The molecule has 3 nitrogen and oxygen atoms in total. The van der Waals surface area contributed by atoms with Crippen molar-refractivity contribution in [3.63, 3.8) is 0 Å². The van der Waals surface area contributed by atoms with Crippen molar-refractivity contribution >= 4 is 77.2 Å². The van der Waals surface area contributed by atoms with Gasteiger partial charge in [0.2, 0.25) is 0 Å². The van der Waals surface area contributed by atoms with E-state index in [1.807, 2.05) is 48.5 Å². The minimum absolute atomic E-state index is 0.760. The third-order valence-corrected chi connectivity index (χ3v) is 16.8. The van der Waals surface area contributed by atoms with Gasteiger partial charge in [0, 0.05) is 22.3 Å². The van der Waals surface area contributed by atoms with Crippen LogP contribution in [0.3, 0.4) is 0 Å². The normalized spacial score (nSPS) is 14.4. The molecule has 0 bridgehead atoms. The number of rotatable bonds is 6. The molecular formula is C61H41N2OP. The largest absolute Gasteiger partial charge is 0.308 e. The predicted octanol–water partition coefficient (Wildman–Crippen LogP) is 14.8. The molecule has 1 unspecified atom stereocenters. The Labute approximate surface area is 377 Å². The zero-order chi connectivity index (χ0) is 43.2. The van der Waals surface area contributed by atoms with Gasteiger partial charge in [-0.3, -0.25) is 4.57 Å². The zero-order valence-electron chi connectivity index (χ0n) is 35.7. The number of para-hydroxylation sites is 1. The minimum atomic E-state index is -3.19. The van der Waals surface area contributed by atoms with Crippen LogP contribution in [-0.2, 0) is 11.0 Å². The van der Waals surface area contributed by atoms with Crippen molar-refractivity contribution in [3.05, 3.63) is 224 Å². The van der Waals surface area contributed by atoms with Gasteiger partial charge in [-0.05, 0) is 130 Å². The fourth-order valence-electron chi connectivity index (χ4n) is 10.6. The number of hydrogen-bond acceptors (Lipinski definition) is 2. The average Bonchev–Trinajstić information content (AvgIpc) is 3.76. The maximum atomic E-state index is 15.7. The second-order valence-electron chi connectivity index (χ2n) is 17.3. The first-order valence-electron chi connectivity index (χ1n) is 22.4. The van der Waals surface area contributed by atoms with Gasteiger partial charge in [0.1, 0.15) is 5.82 Å². The van der Waals surface area contributed by atoms with Gasteiger partial charge in [0.15, 0.2) is 7.14 Å². The molecule has 65 heavy (non-hydrogen) atoms. The molecule has 4 heteroatoms. The van der Waals surface area contributed by atoms with Gasteiger partial charge in [0.05, 0.1) is 16.7 Å². The quantitative estimate of drug-likeness (QED) is 0.123. The third kappa shape index (κ3) is 5.76. The molecule has 1 aromatic heterocycles. The number of nitrogens with zero attached hydrogens (tertiary/aromatic N) is 2. The fraction of sp³-hybridized carbons (Fsp3) is 0.0328. The number of aryl methyl sites for hydroxylation is 1. The topological polar surface area (TPSA) is 34.9 Å². The second-order valence-corrected chi connectivity index (χ2v) is 20.0. The number of imidazole rings is 1. The molecule has 0 amide bonds. The third-order valence-electron chi connectivity index (χ3n) is 13.7. The van der Waals surface area contributed by atoms with Crippen LogP contribution in [0.4, 0.5) is 0 Å². The van der Waals surface area contributed by atoms with E-state index in [0.29, 0.717) is 0 Å². The summed E-state index contributed by atoms with van der Waals surface area (Å²) in [5, 5.41) is 12.4. The number of aromatic nitrogens is 2. The molecule has 1 atom stereocenters. The molecule has 0 aliphatic carbocycles. The molecule has 0 fully saturated rings. The number of benzene rings is 11. The van der Waals surface area contributed by atoms with Crippen LogP contribution in [-0.4, -0.2) is 9.55 Å². The summed E-state index contributed by atoms with van der Waals surface area (Å²) in [6, 6.07) is 78.4. The van der Waals surface area contributed by atoms with Crippen LogP contribution in [0, 0.1) is 0 Å². The molecule has 2 heterocycles. The van der Waals surface area contributed by atoms with Crippen molar-refractivity contribution < 1.29 is 4.57 Å². The first kappa shape index (κ1) is 37.7. The molecule has 0 radical (unpaired) electrons. The monoisotopic (exact) mass is 848 g/mol. The zero-order valence-corrected chi connectivity index (χ0v) is 36.6. The van der Waals surface area contributed by atoms with Gasteiger partial charge in [-0.2, -0.15) is 0 Å². The molecule has 0 saturated heterocycles. The van der Waals surface area contributed by atoms with E-state index in [0.717, 1.165) is 67.1 Å². The second kappa shape index (κ2) is 14.6. The Morgan fingerprint density at radius 3 is 1.58 bits per heavy atom. The summed E-state index contributed by atoms with van der Waals surface area (Å²) in [6.45, 7) is 2.14. The highest BCUT2D eigenvalue weighted by Gasteiger charge is 2.39. The summed E-state index contributed by atoms with van der Waals surface area (Å²) in [5.74, 6) is 0.969. The molecule has 12 aromatic rings. The van der Waals surface area contributed by atoms with Crippen molar-refractivity contribution in [2.75, 3.05) is 0 Å². The lowest BCUT2D eigenvalue weighted by atomic mass is 9.84. The van der Waals surface area contributed by atoms with Crippen LogP contribution in [0.25, 0.3) is 104 Å². The van der Waals surface area contributed by atoms with E-state index in [-0.39, 0.29) is 0 Å². The first-order valence-corrected chi connectivity index (χ1v) is 24.1. The van der Waals surface area contributed by atoms with Crippen LogP contribution in [0.5, 0.6) is 0 Å². The highest BCUT2D eigenvalue weighted by atomic mass is 31.2. The van der Waals surface area contributed by atoms with Crippen molar-refractivity contribution in [2.45, 2.75) is 13.3 Å². The average molecular weight is 849 g/mol. The Morgan fingerprint density at radius 2 is 0.938 bits per heavy atom. The summed E-state index contributed by atoms with van der Waals surface area (Å²) in [5.41, 5.74) is 12.2. The van der Waals surface area contributed by atoms with Gasteiger partial charge in [-0.25, -0.2) is 4.98 Å². The lowest BCUT2D eigenvalue weighted by molar-refractivity contribution is 0.592. The Balaban J connectivity index is 0.975. The van der Waals surface area contributed by atoms with Crippen LogP contribution < -0.4 is 15.9 Å². The summed E-state index contributed by atoms with van der Waals surface area (Å²) in [7, 11) is -3.19. The Kier molecular flexibility index (Phi) is 8.47. The standard InChI is InChI=1S/C61H41N2OP/c1-2-58-62-54-21-12-22-57-61(54)63(58)55-38-46(32-34-56(55)65(57,64)49-17-4-3-5-18-49)42-25-23-41(24-26-42)45-31-33-52-53(37-45)60(48-30-28-40-14-7-9-16-44(40)36-48)51-20-11-10-19-50(51)59(52)47-29-27-39-13-6-8-15-43(39)35-47/h3-38H,2H2,1H3. The summed E-state index contributed by atoms with van der Waals surface area (Å²) in [4.78, 5) is 5.06. The Bertz CT molecular complexity index is 3960. The molecule has 1 aliphatic heterocycles. The van der Waals surface area contributed by atoms with E-state index in [1.165, 1.54) is 65.3 Å². The molecule has 1 aliphatic rings. The summed E-state index contributed by atoms with van der Waals surface area (Å²) < 4.78 is 17.9. The van der Waals surface area contributed by atoms with Crippen LogP contribution in [0.1, 0.15) is 12.7 Å². The van der Waals surface area contributed by atoms with Crippen molar-refractivity contribution in [2.24, 2.45) is 0 Å². The number of fused-ring (bicyclic) bond motifs is 6. The van der Waals surface area contributed by atoms with Crippen LogP contribution in [0.15, 0.2) is 218 Å². The van der Waals surface area contributed by atoms with Gasteiger partial charge >= 0.3 is 0 Å². The lowest BCUT2D eigenvalue weighted by Gasteiger charge is -2.29. The molecule has 0 spiro atoms. The number of hydrogen-bond donors (Lipinski definition) is 0. The summed E-state index contributed by atoms with van der Waals surface area (Å²) >= 11 is 0. The Morgan fingerprint density at radius 1 is 0.415 bits per heavy atom. The van der Waals surface area contributed by atoms with E-state index in [9.17, 15) is 0 Å². The highest BCUT2D eigenvalue weighted by molar-refractivity contribution is 7.86. The van der Waals surface area contributed by atoms with E-state index >= 15 is 4.57 Å². The van der Waals surface area contributed by atoms with Crippen LogP contribution in [0.2, 0.25) is 0 Å². The van der Waals surface area contributed by atoms with Gasteiger partial charge in [0.25, 0.3) is 0 Å². The SMILES string of the molecule is CCc1nc2cccc3c2n1-c1cc(-c2ccc(-c4ccc5c(-c6ccc7ccccc7c6)c6ccccc6c(-c6ccc7ccccc7c6)c5c4)cc2)ccc1P3(=O)c1ccccc1. The van der Waals surface area contributed by atoms with Crippen LogP contribution >= 0.6 is 7.14 Å². The van der Waals surface area contributed by atoms with E-state index in [2.05, 4.69) is 181 Å². The maximum Gasteiger partial charge on any atom is 0.175 e. The predicted molar refractivity (Wildman–Crippen MR) is 275 cm³/mol. The molecule has 0 N–H and O–H groups in total. The molecule has 11 aromatic carbocycles. The van der Waals surface area contributed by atoms with E-state index in [1.54, 1.807) is 0 Å². The Hall–Kier alpha value is -7.84. The molecule has 306 valence electrons. The lowest BCUT2D eigenvalue weighted by Crippen LogP contribution is -2.33. The summed E-state index contributed by atoms with van der Waals surface area (Å²) in [6.07, 6.45) is 0.760. The first-order chi connectivity index (χ1) is 32.0. The highest BCUT2D eigenvalue weighted by Crippen LogP contribution is 2.50. The van der Waals surface area contributed by atoms with Crippen molar-refractivity contribution in [3.8, 4) is 50.2 Å². The van der Waals surface area contributed by atoms with Crippen molar-refractivity contribution in [1.29, 1.82) is 0 Å².